The smallest absolute Gasteiger partial charge is 0.0966 e. The van der Waals surface area contributed by atoms with Crippen LogP contribution in [-0.2, 0) is 0 Å². The second-order valence-electron chi connectivity index (χ2n) is 7.91. The number of hydrogen-bond donors (Lipinski definition) is 0. The van der Waals surface area contributed by atoms with Gasteiger partial charge in [0, 0.05) is 11.1 Å². The van der Waals surface area contributed by atoms with E-state index >= 15 is 0 Å². The van der Waals surface area contributed by atoms with E-state index in [0.717, 1.165) is 45.0 Å². The molecular weight excluding hydrogens is 412 g/mol. The van der Waals surface area contributed by atoms with Gasteiger partial charge in [-0.2, -0.15) is 0 Å². The fourth-order valence-electron chi connectivity index (χ4n) is 3.79. The number of nitrogens with zero attached hydrogens (tertiary/aromatic N) is 2. The molecule has 0 amide bonds. The van der Waals surface area contributed by atoms with E-state index in [1.54, 1.807) is 0 Å². The summed E-state index contributed by atoms with van der Waals surface area (Å²) in [5, 5.41) is 0. The molecule has 0 bridgehead atoms. The number of hydrogen-bond acceptors (Lipinski definition) is 2. The zero-order valence-corrected chi connectivity index (χ0v) is 18.8. The van der Waals surface area contributed by atoms with Crippen LogP contribution in [0.3, 0.4) is 0 Å². The van der Waals surface area contributed by atoms with E-state index in [9.17, 15) is 0 Å². The summed E-state index contributed by atoms with van der Waals surface area (Å²) in [6, 6.07) is 41.0. The lowest BCUT2D eigenvalue weighted by molar-refractivity contribution is 1.17. The van der Waals surface area contributed by atoms with Gasteiger partial charge in [-0.3, -0.25) is 0 Å². The Kier molecular flexibility index (Phi) is 6.50. The summed E-state index contributed by atoms with van der Waals surface area (Å²) in [5.74, 6) is 0. The van der Waals surface area contributed by atoms with Crippen molar-refractivity contribution >= 4 is 24.3 Å². The minimum atomic E-state index is 0.839. The zero-order chi connectivity index (χ0) is 23.0. The molecule has 1 aromatic heterocycles. The second-order valence-corrected chi connectivity index (χ2v) is 7.91. The first-order valence-corrected chi connectivity index (χ1v) is 11.4. The summed E-state index contributed by atoms with van der Waals surface area (Å²) in [5.41, 5.74) is 7.72. The summed E-state index contributed by atoms with van der Waals surface area (Å²) in [6.45, 7) is 0. The molecule has 5 aromatic rings. The van der Waals surface area contributed by atoms with Crippen molar-refractivity contribution in [3.05, 3.63) is 144 Å². The van der Waals surface area contributed by atoms with Gasteiger partial charge >= 0.3 is 0 Å². The van der Waals surface area contributed by atoms with E-state index in [1.165, 1.54) is 0 Å². The predicted molar refractivity (Wildman–Crippen MR) is 144 cm³/mol. The summed E-state index contributed by atoms with van der Waals surface area (Å²) in [6.07, 6.45) is 8.29. The standard InChI is InChI=1S/C32H24N2/c1-5-13-25(14-6-1)21-23-29-31(27-17-9-3-10-18-27)34-30(24-22-26-15-7-2-8-16-26)32(33-29)28-19-11-4-12-20-28/h1-24H/b23-21+,24-22+. The molecule has 0 fully saturated rings. The van der Waals surface area contributed by atoms with Gasteiger partial charge in [0.25, 0.3) is 0 Å². The van der Waals surface area contributed by atoms with Crippen LogP contribution in [0.5, 0.6) is 0 Å². The van der Waals surface area contributed by atoms with E-state index in [4.69, 9.17) is 9.97 Å². The van der Waals surface area contributed by atoms with Crippen LogP contribution in [0.25, 0.3) is 46.8 Å². The maximum Gasteiger partial charge on any atom is 0.0966 e. The highest BCUT2D eigenvalue weighted by Gasteiger charge is 2.14. The van der Waals surface area contributed by atoms with Crippen LogP contribution in [-0.4, -0.2) is 9.97 Å². The Labute approximate surface area is 200 Å². The minimum absolute atomic E-state index is 0.839. The van der Waals surface area contributed by atoms with Gasteiger partial charge in [-0.1, -0.05) is 133 Å². The average molecular weight is 437 g/mol. The first kappa shape index (κ1) is 21.3. The molecule has 4 aromatic carbocycles. The molecule has 0 N–H and O–H groups in total. The molecule has 0 spiro atoms. The molecule has 0 saturated carbocycles. The van der Waals surface area contributed by atoms with Gasteiger partial charge < -0.3 is 0 Å². The van der Waals surface area contributed by atoms with Gasteiger partial charge in [-0.15, -0.1) is 0 Å². The molecule has 1 heterocycles. The molecule has 0 aliphatic heterocycles. The Balaban J connectivity index is 1.69. The van der Waals surface area contributed by atoms with Crippen molar-refractivity contribution in [3.63, 3.8) is 0 Å². The van der Waals surface area contributed by atoms with Crippen LogP contribution >= 0.6 is 0 Å². The monoisotopic (exact) mass is 436 g/mol. The van der Waals surface area contributed by atoms with Gasteiger partial charge in [0.15, 0.2) is 0 Å². The van der Waals surface area contributed by atoms with Crippen molar-refractivity contribution in [2.45, 2.75) is 0 Å². The fraction of sp³-hybridized carbons (Fsp3) is 0. The van der Waals surface area contributed by atoms with Gasteiger partial charge in [0.1, 0.15) is 0 Å². The van der Waals surface area contributed by atoms with E-state index < -0.39 is 0 Å². The number of aromatic nitrogens is 2. The van der Waals surface area contributed by atoms with Gasteiger partial charge in [0.05, 0.1) is 22.8 Å². The molecule has 2 heteroatoms. The first-order chi connectivity index (χ1) is 16.9. The summed E-state index contributed by atoms with van der Waals surface area (Å²) in [7, 11) is 0. The minimum Gasteiger partial charge on any atom is -0.244 e. The molecule has 0 unspecified atom stereocenters. The predicted octanol–water partition coefficient (Wildman–Crippen LogP) is 8.15. The van der Waals surface area contributed by atoms with E-state index in [0.29, 0.717) is 0 Å². The largest absolute Gasteiger partial charge is 0.244 e. The third-order valence-corrected chi connectivity index (χ3v) is 5.51. The van der Waals surface area contributed by atoms with Crippen molar-refractivity contribution in [3.8, 4) is 22.5 Å². The first-order valence-electron chi connectivity index (χ1n) is 11.4. The lowest BCUT2D eigenvalue weighted by Gasteiger charge is -2.12. The molecule has 0 radical (unpaired) electrons. The molecule has 0 aliphatic rings. The van der Waals surface area contributed by atoms with Gasteiger partial charge in [-0.25, -0.2) is 9.97 Å². The topological polar surface area (TPSA) is 25.8 Å². The van der Waals surface area contributed by atoms with Gasteiger partial charge in [0.2, 0.25) is 0 Å². The van der Waals surface area contributed by atoms with E-state index in [-0.39, 0.29) is 0 Å². The van der Waals surface area contributed by atoms with Crippen LogP contribution in [0.15, 0.2) is 121 Å². The number of benzene rings is 4. The highest BCUT2D eigenvalue weighted by Crippen LogP contribution is 2.29. The second kappa shape index (κ2) is 10.4. The number of rotatable bonds is 6. The van der Waals surface area contributed by atoms with Crippen LogP contribution in [0.1, 0.15) is 22.5 Å². The lowest BCUT2D eigenvalue weighted by atomic mass is 10.0. The molecule has 2 nitrogen and oxygen atoms in total. The van der Waals surface area contributed by atoms with Crippen LogP contribution in [0.4, 0.5) is 0 Å². The maximum atomic E-state index is 5.15. The highest BCUT2D eigenvalue weighted by atomic mass is 14.8. The van der Waals surface area contributed by atoms with Crippen molar-refractivity contribution < 1.29 is 0 Å². The third-order valence-electron chi connectivity index (χ3n) is 5.51. The Hall–Kier alpha value is -4.56. The van der Waals surface area contributed by atoms with Gasteiger partial charge in [-0.05, 0) is 23.3 Å². The van der Waals surface area contributed by atoms with Crippen LogP contribution < -0.4 is 0 Å². The highest BCUT2D eigenvalue weighted by molar-refractivity contribution is 5.83. The van der Waals surface area contributed by atoms with E-state index in [2.05, 4.69) is 72.8 Å². The summed E-state index contributed by atoms with van der Waals surface area (Å²) >= 11 is 0. The van der Waals surface area contributed by atoms with Crippen LogP contribution in [0, 0.1) is 0 Å². The Bertz CT molecular complexity index is 1290. The summed E-state index contributed by atoms with van der Waals surface area (Å²) < 4.78 is 0. The zero-order valence-electron chi connectivity index (χ0n) is 18.8. The quantitative estimate of drug-likeness (QED) is 0.268. The molecule has 0 saturated heterocycles. The average Bonchev–Trinajstić information content (AvgIpc) is 2.93. The fourth-order valence-corrected chi connectivity index (χ4v) is 3.79. The lowest BCUT2D eigenvalue weighted by Crippen LogP contribution is -2.00. The molecule has 0 atom stereocenters. The van der Waals surface area contributed by atoms with Crippen molar-refractivity contribution in [2.24, 2.45) is 0 Å². The maximum absolute atomic E-state index is 5.15. The molecule has 34 heavy (non-hydrogen) atoms. The van der Waals surface area contributed by atoms with Crippen molar-refractivity contribution in [1.82, 2.24) is 9.97 Å². The molecule has 162 valence electrons. The molecule has 5 rings (SSSR count). The third kappa shape index (κ3) is 5.08. The van der Waals surface area contributed by atoms with Crippen LogP contribution in [0.2, 0.25) is 0 Å². The Morgan fingerprint density at radius 1 is 0.353 bits per heavy atom. The summed E-state index contributed by atoms with van der Waals surface area (Å²) in [4.78, 5) is 10.3. The van der Waals surface area contributed by atoms with Crippen molar-refractivity contribution in [1.29, 1.82) is 0 Å². The normalized spacial score (nSPS) is 11.3. The molecule has 0 aliphatic carbocycles. The van der Waals surface area contributed by atoms with Crippen molar-refractivity contribution in [2.75, 3.05) is 0 Å². The SMILES string of the molecule is C(=C\c1nc(-c2ccccc2)c(/C=C/c2ccccc2)nc1-c1ccccc1)/c1ccccc1. The van der Waals surface area contributed by atoms with E-state index in [1.807, 2.05) is 72.8 Å². The molecular formula is C32H24N2. The Morgan fingerprint density at radius 3 is 1.03 bits per heavy atom. The Morgan fingerprint density at radius 2 is 0.676 bits per heavy atom.